The van der Waals surface area contributed by atoms with Crippen molar-refractivity contribution in [2.24, 2.45) is 0 Å². The van der Waals surface area contributed by atoms with Gasteiger partial charge in [-0.2, -0.15) is 0 Å². The Hall–Kier alpha value is -6.08. The number of hydrogen-bond acceptors (Lipinski definition) is 2. The molecule has 1 saturated heterocycles. The molecule has 59 heavy (non-hydrogen) atoms. The van der Waals surface area contributed by atoms with E-state index < -0.39 is 14.6 Å². The van der Waals surface area contributed by atoms with Gasteiger partial charge in [0, 0.05) is 15.9 Å². The van der Waals surface area contributed by atoms with Gasteiger partial charge >= 0.3 is 241 Å². The van der Waals surface area contributed by atoms with E-state index in [2.05, 4.69) is 162 Å². The van der Waals surface area contributed by atoms with Gasteiger partial charge in [0.2, 0.25) is 0 Å². The zero-order chi connectivity index (χ0) is 39.4. The fourth-order valence-electron chi connectivity index (χ4n) is 9.71. The number of benzene rings is 8. The molecule has 2 unspecified atom stereocenters. The molecule has 0 amide bonds. The average molecular weight is 800 g/mol. The molecule has 12 rings (SSSR count). The van der Waals surface area contributed by atoms with Crippen molar-refractivity contribution in [1.82, 2.24) is 4.57 Å². The van der Waals surface area contributed by atoms with Crippen LogP contribution in [0.15, 0.2) is 218 Å². The first-order valence-electron chi connectivity index (χ1n) is 20.6. The van der Waals surface area contributed by atoms with Crippen LogP contribution in [0.25, 0.3) is 49.7 Å². The molecule has 3 aliphatic rings. The molecule has 1 fully saturated rings. The molecule has 9 aromatic rings. The first kappa shape index (κ1) is 36.0. The van der Waals surface area contributed by atoms with Crippen molar-refractivity contribution in [3.05, 3.63) is 218 Å². The minimum atomic E-state index is -3.07. The van der Waals surface area contributed by atoms with E-state index in [1.807, 2.05) is 60.7 Å². The van der Waals surface area contributed by atoms with E-state index in [1.165, 1.54) is 44.4 Å². The molecule has 0 radical (unpaired) electrons. The van der Waals surface area contributed by atoms with Crippen LogP contribution in [0, 0.1) is 0 Å². The average Bonchev–Trinajstić information content (AvgIpc) is 3.66. The Morgan fingerprint density at radius 1 is 0.458 bits per heavy atom. The summed E-state index contributed by atoms with van der Waals surface area (Å²) < 4.78 is 24.5. The number of aromatic nitrogens is 1. The van der Waals surface area contributed by atoms with E-state index in [4.69, 9.17) is 4.52 Å². The van der Waals surface area contributed by atoms with Crippen LogP contribution < -0.4 is 26.5 Å². The van der Waals surface area contributed by atoms with Gasteiger partial charge in [0.15, 0.2) is 7.14 Å². The number of nitrogens with zero attached hydrogens (tertiary/aromatic N) is 1. The molecule has 2 bridgehead atoms. The molecule has 0 N–H and O–H groups in total. The third kappa shape index (κ3) is 5.99. The molecule has 5 heteroatoms. The number of para-hydroxylation sites is 1. The van der Waals surface area contributed by atoms with Crippen LogP contribution in [0.1, 0.15) is 12.8 Å². The topological polar surface area (TPSA) is 31.2 Å². The molecule has 8 aromatic carbocycles. The van der Waals surface area contributed by atoms with Crippen LogP contribution >= 0.6 is 14.6 Å². The van der Waals surface area contributed by atoms with Gasteiger partial charge in [-0.1, -0.05) is 78.9 Å². The zero-order valence-corrected chi connectivity index (χ0v) is 34.5. The van der Waals surface area contributed by atoms with E-state index in [0.717, 1.165) is 44.7 Å². The summed E-state index contributed by atoms with van der Waals surface area (Å²) in [5.74, 6) is 0. The Morgan fingerprint density at radius 3 is 1.41 bits per heavy atom. The van der Waals surface area contributed by atoms with Crippen LogP contribution in [0.3, 0.4) is 0 Å². The smallest absolute Gasteiger partial charge is 0.0502 e. The number of allylic oxidation sites excluding steroid dienone is 1. The SMILES string of the molecule is O=P(c1ccccc1)(c1ccccc1)c1ccc(-c2ccc3c(c2)c2cc(-c4ccc([PH]5(c6ccccc6)OC6C=CC5CC6)cc4)ccc2n3-c2ccccc2)cc1. The maximum absolute atomic E-state index is 15.1. The summed E-state index contributed by atoms with van der Waals surface area (Å²) in [6, 6.07) is 72.7. The zero-order valence-electron chi connectivity index (χ0n) is 32.6. The number of rotatable bonds is 8. The van der Waals surface area contributed by atoms with Crippen molar-refractivity contribution in [2.45, 2.75) is 24.6 Å². The summed E-state index contributed by atoms with van der Waals surface area (Å²) in [5, 5.41) is 7.59. The van der Waals surface area contributed by atoms with Crippen molar-refractivity contribution in [2.75, 3.05) is 0 Å². The van der Waals surface area contributed by atoms with E-state index in [9.17, 15) is 0 Å². The van der Waals surface area contributed by atoms with Gasteiger partial charge in [0.25, 0.3) is 0 Å². The summed E-state index contributed by atoms with van der Waals surface area (Å²) in [6.45, 7) is 0. The molecule has 1 aromatic heterocycles. The Balaban J connectivity index is 1.00. The minimum Gasteiger partial charge on any atom is -0.0502 e. The van der Waals surface area contributed by atoms with Crippen LogP contribution in [0.5, 0.6) is 0 Å². The summed E-state index contributed by atoms with van der Waals surface area (Å²) in [5.41, 5.74) is 8.47. The van der Waals surface area contributed by atoms with E-state index in [1.54, 1.807) is 0 Å². The molecule has 1 aliphatic carbocycles. The van der Waals surface area contributed by atoms with Gasteiger partial charge < -0.3 is 4.57 Å². The van der Waals surface area contributed by atoms with Gasteiger partial charge in [-0.3, -0.25) is 0 Å². The third-order valence-electron chi connectivity index (χ3n) is 12.6. The molecule has 3 nitrogen and oxygen atoms in total. The van der Waals surface area contributed by atoms with Crippen LogP contribution in [0.2, 0.25) is 0 Å². The molecule has 2 aliphatic heterocycles. The third-order valence-corrected chi connectivity index (χ3v) is 20.3. The van der Waals surface area contributed by atoms with Gasteiger partial charge in [-0.15, -0.1) is 0 Å². The quantitative estimate of drug-likeness (QED) is 0.113. The van der Waals surface area contributed by atoms with Gasteiger partial charge in [0.1, 0.15) is 0 Å². The van der Waals surface area contributed by atoms with Crippen LogP contribution in [-0.4, -0.2) is 16.3 Å². The fourth-order valence-corrected chi connectivity index (χ4v) is 17.0. The summed E-state index contributed by atoms with van der Waals surface area (Å²) in [7, 11) is -5.52. The van der Waals surface area contributed by atoms with Gasteiger partial charge in [-0.25, -0.2) is 0 Å². The standard InChI is InChI=1S/C54H43NO2P2/c56-58(45-15-7-2-8-16-45,46-17-9-3-10-18-46)47-29-21-39(22-30-47)41-25-35-53-51(37-41)52-38-42(26-36-54(52)55(53)43-13-5-1-6-14-43)40-23-31-49(32-24-40)59(48-19-11-4-12-20-48)50-33-27-44(57-59)28-34-50/h1-27,29-33,35-38,44,50,59H,28,34H2. The van der Waals surface area contributed by atoms with Crippen molar-refractivity contribution in [3.63, 3.8) is 0 Å². The van der Waals surface area contributed by atoms with Gasteiger partial charge in [-0.05, 0) is 0 Å². The molecule has 0 spiro atoms. The van der Waals surface area contributed by atoms with Crippen LogP contribution in [-0.2, 0) is 9.09 Å². The summed E-state index contributed by atoms with van der Waals surface area (Å²) in [4.78, 5) is 0. The second-order valence-electron chi connectivity index (χ2n) is 15.9. The molecule has 3 heterocycles. The normalized spacial score (nSPS) is 17.6. The Morgan fingerprint density at radius 2 is 0.915 bits per heavy atom. The molecular weight excluding hydrogens is 757 g/mol. The molecule has 0 saturated carbocycles. The van der Waals surface area contributed by atoms with Crippen LogP contribution in [0.4, 0.5) is 0 Å². The Labute approximate surface area is 346 Å². The first-order chi connectivity index (χ1) is 29.1. The predicted octanol–water partition coefficient (Wildman–Crippen LogP) is 11.5. The molecule has 286 valence electrons. The second-order valence-corrected chi connectivity index (χ2v) is 22.2. The molecule has 2 atom stereocenters. The van der Waals surface area contributed by atoms with E-state index in [0.29, 0.717) is 5.66 Å². The summed E-state index contributed by atoms with van der Waals surface area (Å²) in [6.07, 6.45) is 7.21. The minimum absolute atomic E-state index is 0.198. The fraction of sp³-hybridized carbons (Fsp3) is 0.0741. The molecular formula is C54H43NO2P2. The maximum atomic E-state index is 15.1. The summed E-state index contributed by atoms with van der Waals surface area (Å²) >= 11 is 0. The second kappa shape index (κ2) is 14.6. The predicted molar refractivity (Wildman–Crippen MR) is 252 cm³/mol. The van der Waals surface area contributed by atoms with E-state index in [-0.39, 0.29) is 6.10 Å². The first-order valence-corrected chi connectivity index (χ1v) is 24.3. The van der Waals surface area contributed by atoms with Crippen molar-refractivity contribution >= 4 is 63.0 Å². The van der Waals surface area contributed by atoms with Crippen molar-refractivity contribution in [1.29, 1.82) is 0 Å². The number of fused-ring (bicyclic) bond motifs is 5. The Bertz CT molecular complexity index is 2990. The van der Waals surface area contributed by atoms with E-state index >= 15 is 4.57 Å². The van der Waals surface area contributed by atoms with Crippen molar-refractivity contribution in [3.8, 4) is 27.9 Å². The Kier molecular flexibility index (Phi) is 8.94. The number of hydrogen-bond donors (Lipinski definition) is 0. The van der Waals surface area contributed by atoms with Gasteiger partial charge in [0.05, 0.1) is 0 Å². The van der Waals surface area contributed by atoms with Crippen molar-refractivity contribution < 1.29 is 9.09 Å². The monoisotopic (exact) mass is 799 g/mol.